The molecule has 0 saturated heterocycles. The van der Waals surface area contributed by atoms with Crippen LogP contribution in [0, 0.1) is 0 Å². The zero-order valence-electron chi connectivity index (χ0n) is 13.7. The number of hydrogen-bond donors (Lipinski definition) is 0. The van der Waals surface area contributed by atoms with Crippen LogP contribution in [0.4, 0.5) is 0 Å². The van der Waals surface area contributed by atoms with E-state index in [4.69, 9.17) is 4.74 Å². The highest BCUT2D eigenvalue weighted by molar-refractivity contribution is 5.81. The van der Waals surface area contributed by atoms with E-state index in [1.807, 2.05) is 45.2 Å². The number of aromatic nitrogens is 1. The van der Waals surface area contributed by atoms with Crippen LogP contribution in [0.15, 0.2) is 36.5 Å². The van der Waals surface area contributed by atoms with Crippen molar-refractivity contribution in [2.45, 2.75) is 46.1 Å². The third-order valence-electron chi connectivity index (χ3n) is 3.19. The second-order valence-corrected chi connectivity index (χ2v) is 6.34. The Morgan fingerprint density at radius 1 is 1.27 bits per heavy atom. The quantitative estimate of drug-likeness (QED) is 0.778. The van der Waals surface area contributed by atoms with E-state index >= 15 is 0 Å². The second-order valence-electron chi connectivity index (χ2n) is 6.34. The first-order valence-electron chi connectivity index (χ1n) is 7.64. The van der Waals surface area contributed by atoms with Crippen molar-refractivity contribution in [1.29, 1.82) is 0 Å². The minimum absolute atomic E-state index is 0.217. The van der Waals surface area contributed by atoms with Gasteiger partial charge >= 0.3 is 5.97 Å². The SMILES string of the molecule is CCc1ccc2ncc(/C=C/CC(=O)OC(C)(C)C)cc2c1. The van der Waals surface area contributed by atoms with Gasteiger partial charge in [-0.1, -0.05) is 25.1 Å². The Balaban J connectivity index is 2.08. The van der Waals surface area contributed by atoms with Crippen LogP contribution in [0.25, 0.3) is 17.0 Å². The Labute approximate surface area is 132 Å². The summed E-state index contributed by atoms with van der Waals surface area (Å²) in [6, 6.07) is 8.40. The van der Waals surface area contributed by atoms with Gasteiger partial charge in [0, 0.05) is 11.6 Å². The van der Waals surface area contributed by atoms with Crippen molar-refractivity contribution >= 4 is 22.9 Å². The predicted molar refractivity (Wildman–Crippen MR) is 90.6 cm³/mol. The molecule has 1 aromatic heterocycles. The third kappa shape index (κ3) is 4.69. The Kier molecular flexibility index (Phi) is 4.96. The highest BCUT2D eigenvalue weighted by atomic mass is 16.6. The van der Waals surface area contributed by atoms with E-state index in [-0.39, 0.29) is 12.4 Å². The fourth-order valence-corrected chi connectivity index (χ4v) is 2.18. The van der Waals surface area contributed by atoms with Gasteiger partial charge in [-0.15, -0.1) is 0 Å². The van der Waals surface area contributed by atoms with E-state index < -0.39 is 5.60 Å². The summed E-state index contributed by atoms with van der Waals surface area (Å²) in [6.07, 6.45) is 6.83. The van der Waals surface area contributed by atoms with Gasteiger partial charge in [0.1, 0.15) is 5.60 Å². The van der Waals surface area contributed by atoms with Crippen molar-refractivity contribution < 1.29 is 9.53 Å². The number of fused-ring (bicyclic) bond motifs is 1. The van der Waals surface area contributed by atoms with Crippen molar-refractivity contribution in [3.05, 3.63) is 47.7 Å². The molecule has 3 nitrogen and oxygen atoms in total. The monoisotopic (exact) mass is 297 g/mol. The van der Waals surface area contributed by atoms with Crippen LogP contribution in [0.3, 0.4) is 0 Å². The van der Waals surface area contributed by atoms with Gasteiger partial charge in [0.25, 0.3) is 0 Å². The van der Waals surface area contributed by atoms with Gasteiger partial charge in [-0.05, 0) is 56.5 Å². The molecule has 2 aromatic rings. The van der Waals surface area contributed by atoms with Gasteiger partial charge in [0.05, 0.1) is 11.9 Å². The average Bonchev–Trinajstić information content (AvgIpc) is 2.44. The lowest BCUT2D eigenvalue weighted by Gasteiger charge is -2.18. The molecule has 3 heteroatoms. The number of benzene rings is 1. The third-order valence-corrected chi connectivity index (χ3v) is 3.19. The maximum Gasteiger partial charge on any atom is 0.310 e. The molecule has 0 bridgehead atoms. The number of pyridine rings is 1. The fraction of sp³-hybridized carbons (Fsp3) is 0.368. The molecule has 0 amide bonds. The van der Waals surface area contributed by atoms with Gasteiger partial charge in [0.15, 0.2) is 0 Å². The molecule has 0 fully saturated rings. The van der Waals surface area contributed by atoms with Gasteiger partial charge in [-0.25, -0.2) is 0 Å². The van der Waals surface area contributed by atoms with Crippen LogP contribution in [-0.2, 0) is 16.0 Å². The Morgan fingerprint density at radius 3 is 2.73 bits per heavy atom. The Morgan fingerprint density at radius 2 is 2.05 bits per heavy atom. The molecule has 1 heterocycles. The number of carbonyl (C=O) groups is 1. The number of hydrogen-bond acceptors (Lipinski definition) is 3. The maximum absolute atomic E-state index is 11.7. The van der Waals surface area contributed by atoms with Crippen molar-refractivity contribution in [2.24, 2.45) is 0 Å². The topological polar surface area (TPSA) is 39.2 Å². The Hall–Kier alpha value is -2.16. The molecule has 2 rings (SSSR count). The van der Waals surface area contributed by atoms with E-state index in [0.29, 0.717) is 0 Å². The van der Waals surface area contributed by atoms with Crippen LogP contribution in [-0.4, -0.2) is 16.6 Å². The normalized spacial score (nSPS) is 12.0. The lowest BCUT2D eigenvalue weighted by Crippen LogP contribution is -2.23. The van der Waals surface area contributed by atoms with E-state index in [9.17, 15) is 4.79 Å². The van der Waals surface area contributed by atoms with Crippen LogP contribution >= 0.6 is 0 Å². The van der Waals surface area contributed by atoms with Crippen molar-refractivity contribution in [1.82, 2.24) is 4.98 Å². The van der Waals surface area contributed by atoms with Crippen molar-refractivity contribution in [2.75, 3.05) is 0 Å². The molecule has 1 aromatic carbocycles. The first-order valence-corrected chi connectivity index (χ1v) is 7.64. The molecule has 0 atom stereocenters. The molecule has 0 aliphatic carbocycles. The van der Waals surface area contributed by atoms with Crippen molar-refractivity contribution in [3.63, 3.8) is 0 Å². The number of esters is 1. The number of aryl methyl sites for hydroxylation is 1. The summed E-state index contributed by atoms with van der Waals surface area (Å²) in [6.45, 7) is 7.74. The number of rotatable bonds is 4. The number of ether oxygens (including phenoxy) is 1. The molecule has 0 N–H and O–H groups in total. The van der Waals surface area contributed by atoms with E-state index in [2.05, 4.69) is 30.1 Å². The summed E-state index contributed by atoms with van der Waals surface area (Å²) in [5.74, 6) is -0.217. The van der Waals surface area contributed by atoms with Crippen LogP contribution < -0.4 is 0 Å². The first-order chi connectivity index (χ1) is 10.4. The molecule has 0 saturated carbocycles. The fourth-order valence-electron chi connectivity index (χ4n) is 2.18. The molecule has 22 heavy (non-hydrogen) atoms. The van der Waals surface area contributed by atoms with Crippen LogP contribution in [0.1, 0.15) is 45.2 Å². The summed E-state index contributed by atoms with van der Waals surface area (Å²) >= 11 is 0. The van der Waals surface area contributed by atoms with E-state index in [0.717, 1.165) is 22.9 Å². The lowest BCUT2D eigenvalue weighted by atomic mass is 10.1. The molecule has 0 spiro atoms. The number of nitrogens with zero attached hydrogens (tertiary/aromatic N) is 1. The van der Waals surface area contributed by atoms with Gasteiger partial charge in [-0.3, -0.25) is 9.78 Å². The van der Waals surface area contributed by atoms with Gasteiger partial charge in [-0.2, -0.15) is 0 Å². The highest BCUT2D eigenvalue weighted by Gasteiger charge is 2.14. The second kappa shape index (κ2) is 6.73. The molecule has 0 aliphatic rings. The first kappa shape index (κ1) is 16.2. The summed E-state index contributed by atoms with van der Waals surface area (Å²) in [5, 5.41) is 1.12. The minimum atomic E-state index is -0.439. The highest BCUT2D eigenvalue weighted by Crippen LogP contribution is 2.17. The summed E-state index contributed by atoms with van der Waals surface area (Å²) in [4.78, 5) is 16.1. The maximum atomic E-state index is 11.7. The minimum Gasteiger partial charge on any atom is -0.460 e. The standard InChI is InChI=1S/C19H23NO2/c1-5-14-9-10-17-16(11-14)12-15(13-20-17)7-6-8-18(21)22-19(2,3)4/h6-7,9-13H,5,8H2,1-4H3/b7-6+. The van der Waals surface area contributed by atoms with Crippen LogP contribution in [0.2, 0.25) is 0 Å². The zero-order chi connectivity index (χ0) is 16.2. The average molecular weight is 297 g/mol. The smallest absolute Gasteiger partial charge is 0.310 e. The number of carbonyl (C=O) groups excluding carboxylic acids is 1. The zero-order valence-corrected chi connectivity index (χ0v) is 13.7. The molecule has 0 radical (unpaired) electrons. The molecule has 116 valence electrons. The summed E-state index contributed by atoms with van der Waals surface area (Å²) < 4.78 is 5.27. The van der Waals surface area contributed by atoms with Gasteiger partial charge < -0.3 is 4.74 Å². The van der Waals surface area contributed by atoms with Crippen LogP contribution in [0.5, 0.6) is 0 Å². The van der Waals surface area contributed by atoms with Crippen molar-refractivity contribution in [3.8, 4) is 0 Å². The summed E-state index contributed by atoms with van der Waals surface area (Å²) in [5.41, 5.74) is 2.83. The van der Waals surface area contributed by atoms with E-state index in [1.165, 1.54) is 5.56 Å². The predicted octanol–water partition coefficient (Wildman–Crippen LogP) is 4.54. The lowest BCUT2D eigenvalue weighted by molar-refractivity contribution is -0.153. The van der Waals surface area contributed by atoms with E-state index in [1.54, 1.807) is 0 Å². The molecule has 0 aliphatic heterocycles. The summed E-state index contributed by atoms with van der Waals surface area (Å²) in [7, 11) is 0. The molecular weight excluding hydrogens is 274 g/mol. The molecular formula is C19H23NO2. The van der Waals surface area contributed by atoms with Gasteiger partial charge in [0.2, 0.25) is 0 Å². The largest absolute Gasteiger partial charge is 0.460 e. The molecule has 0 unspecified atom stereocenters. The Bertz CT molecular complexity index is 696.